The lowest BCUT2D eigenvalue weighted by molar-refractivity contribution is -0.138. The number of nitrogens with one attached hydrogen (secondary N) is 1. The van der Waals surface area contributed by atoms with E-state index >= 15 is 4.39 Å². The highest BCUT2D eigenvalue weighted by molar-refractivity contribution is 6.33. The van der Waals surface area contributed by atoms with E-state index in [2.05, 4.69) is 5.32 Å². The van der Waals surface area contributed by atoms with E-state index in [0.717, 1.165) is 11.1 Å². The number of morpholine rings is 1. The molecule has 1 N–H and O–H groups in total. The largest absolute Gasteiger partial charge is 0.478 e. The zero-order chi connectivity index (χ0) is 24.0. The van der Waals surface area contributed by atoms with Crippen LogP contribution in [0.3, 0.4) is 0 Å². The van der Waals surface area contributed by atoms with Crippen molar-refractivity contribution in [3.63, 3.8) is 0 Å². The second kappa shape index (κ2) is 8.88. The molecule has 2 aliphatic rings. The maximum Gasteiger partial charge on any atom is 0.262 e. The molecule has 3 aromatic rings. The number of hydrogen-bond acceptors (Lipinski definition) is 5. The predicted molar refractivity (Wildman–Crippen MR) is 126 cm³/mol. The van der Waals surface area contributed by atoms with Gasteiger partial charge < -0.3 is 24.3 Å². The first-order valence-corrected chi connectivity index (χ1v) is 11.5. The summed E-state index contributed by atoms with van der Waals surface area (Å²) in [6, 6.07) is 7.28. The quantitative estimate of drug-likeness (QED) is 0.606. The highest BCUT2D eigenvalue weighted by Crippen LogP contribution is 2.42. The molecule has 0 radical (unpaired) electrons. The summed E-state index contributed by atoms with van der Waals surface area (Å²) in [4.78, 5) is 30.4. The van der Waals surface area contributed by atoms with Crippen LogP contribution < -0.4 is 10.1 Å². The highest BCUT2D eigenvalue weighted by Gasteiger charge is 2.30. The number of halogens is 2. The Hall–Kier alpha value is -3.17. The van der Waals surface area contributed by atoms with E-state index in [1.165, 1.54) is 6.07 Å². The van der Waals surface area contributed by atoms with Gasteiger partial charge in [0.2, 0.25) is 5.91 Å². The SMILES string of the molecule is CCC(=O)N1CCOC(Cn2c(-c3c(Cl)cc4c(c3F)OCC(=O)N4)nc3cc(C)ccc32)C1. The summed E-state index contributed by atoms with van der Waals surface area (Å²) >= 11 is 6.52. The number of anilines is 1. The summed E-state index contributed by atoms with van der Waals surface area (Å²) < 4.78 is 28.9. The number of hydrogen-bond donors (Lipinski definition) is 1. The highest BCUT2D eigenvalue weighted by atomic mass is 35.5. The van der Waals surface area contributed by atoms with Gasteiger partial charge in [-0.3, -0.25) is 9.59 Å². The molecular formula is C24H24ClFN4O4. The van der Waals surface area contributed by atoms with Gasteiger partial charge >= 0.3 is 0 Å². The Labute approximate surface area is 200 Å². The minimum Gasteiger partial charge on any atom is -0.478 e. The van der Waals surface area contributed by atoms with Crippen LogP contribution in [-0.2, 0) is 20.9 Å². The van der Waals surface area contributed by atoms with Crippen molar-refractivity contribution in [1.29, 1.82) is 0 Å². The average Bonchev–Trinajstić information content (AvgIpc) is 3.15. The van der Waals surface area contributed by atoms with Crippen LogP contribution in [0.4, 0.5) is 10.1 Å². The third kappa shape index (κ3) is 3.99. The van der Waals surface area contributed by atoms with Gasteiger partial charge in [-0.25, -0.2) is 9.37 Å². The van der Waals surface area contributed by atoms with Crippen LogP contribution in [0.15, 0.2) is 24.3 Å². The number of carbonyl (C=O) groups is 2. The number of rotatable bonds is 4. The van der Waals surface area contributed by atoms with Crippen molar-refractivity contribution in [1.82, 2.24) is 14.5 Å². The van der Waals surface area contributed by atoms with Crippen molar-refractivity contribution < 1.29 is 23.5 Å². The van der Waals surface area contributed by atoms with Gasteiger partial charge in [-0.05, 0) is 30.7 Å². The van der Waals surface area contributed by atoms with Crippen molar-refractivity contribution in [3.8, 4) is 17.1 Å². The van der Waals surface area contributed by atoms with Crippen LogP contribution in [0, 0.1) is 12.7 Å². The van der Waals surface area contributed by atoms with Crippen LogP contribution >= 0.6 is 11.6 Å². The van der Waals surface area contributed by atoms with Crippen LogP contribution in [0.5, 0.6) is 5.75 Å². The standard InChI is InChI=1S/C24H24ClFN4O4/c1-3-20(32)29-6-7-33-14(10-29)11-30-18-5-4-13(2)8-16(18)28-24(30)21-15(25)9-17-23(22(21)26)34-12-19(31)27-17/h4-5,8-9,14H,3,6-7,10-12H2,1-2H3,(H,27,31). The minimum absolute atomic E-state index is 0.0672. The molecule has 1 unspecified atom stereocenters. The molecule has 3 heterocycles. The van der Waals surface area contributed by atoms with Crippen molar-refractivity contribution >= 4 is 40.1 Å². The van der Waals surface area contributed by atoms with Crippen molar-refractivity contribution in [2.45, 2.75) is 32.9 Å². The normalized spacial score (nSPS) is 17.9. The molecule has 10 heteroatoms. The van der Waals surface area contributed by atoms with Gasteiger partial charge in [-0.2, -0.15) is 0 Å². The van der Waals surface area contributed by atoms with E-state index in [4.69, 9.17) is 26.1 Å². The lowest BCUT2D eigenvalue weighted by atomic mass is 10.1. The molecular weight excluding hydrogens is 463 g/mol. The fourth-order valence-corrected chi connectivity index (χ4v) is 4.74. The average molecular weight is 487 g/mol. The number of nitrogens with zero attached hydrogens (tertiary/aromatic N) is 3. The lowest BCUT2D eigenvalue weighted by Crippen LogP contribution is -2.46. The lowest BCUT2D eigenvalue weighted by Gasteiger charge is -2.33. The molecule has 2 aliphatic heterocycles. The van der Waals surface area contributed by atoms with E-state index in [-0.39, 0.29) is 46.5 Å². The molecule has 178 valence electrons. The molecule has 2 amide bonds. The molecule has 1 aromatic heterocycles. The van der Waals surface area contributed by atoms with Crippen molar-refractivity contribution in [2.75, 3.05) is 31.6 Å². The summed E-state index contributed by atoms with van der Waals surface area (Å²) in [6.07, 6.45) is 0.134. The third-order valence-electron chi connectivity index (χ3n) is 6.10. The van der Waals surface area contributed by atoms with E-state index in [0.29, 0.717) is 44.0 Å². The molecule has 0 spiro atoms. The Morgan fingerprint density at radius 3 is 2.97 bits per heavy atom. The van der Waals surface area contributed by atoms with Crippen LogP contribution in [-0.4, -0.2) is 58.7 Å². The number of aryl methyl sites for hydroxylation is 1. The van der Waals surface area contributed by atoms with E-state index in [1.54, 1.807) is 4.90 Å². The first-order chi connectivity index (χ1) is 16.4. The first-order valence-electron chi connectivity index (χ1n) is 11.2. The van der Waals surface area contributed by atoms with E-state index in [1.807, 2.05) is 36.6 Å². The predicted octanol–water partition coefficient (Wildman–Crippen LogP) is 3.77. The Morgan fingerprint density at radius 1 is 1.35 bits per heavy atom. The molecule has 5 rings (SSSR count). The third-order valence-corrected chi connectivity index (χ3v) is 6.40. The monoisotopic (exact) mass is 486 g/mol. The fourth-order valence-electron chi connectivity index (χ4n) is 4.46. The number of carbonyl (C=O) groups excluding carboxylic acids is 2. The Kier molecular flexibility index (Phi) is 5.91. The summed E-state index contributed by atoms with van der Waals surface area (Å²) in [5.41, 5.74) is 2.77. The molecule has 1 fully saturated rings. The van der Waals surface area contributed by atoms with Crippen LogP contribution in [0.2, 0.25) is 5.02 Å². The van der Waals surface area contributed by atoms with Gasteiger partial charge in [-0.15, -0.1) is 0 Å². The zero-order valence-corrected chi connectivity index (χ0v) is 19.6. The number of imidazole rings is 1. The number of benzene rings is 2. The fraction of sp³-hybridized carbons (Fsp3) is 0.375. The van der Waals surface area contributed by atoms with Crippen LogP contribution in [0.1, 0.15) is 18.9 Å². The van der Waals surface area contributed by atoms with Crippen molar-refractivity contribution in [2.24, 2.45) is 0 Å². The van der Waals surface area contributed by atoms with Gasteiger partial charge in [0.1, 0.15) is 5.82 Å². The van der Waals surface area contributed by atoms with Gasteiger partial charge in [0, 0.05) is 19.5 Å². The van der Waals surface area contributed by atoms with Crippen molar-refractivity contribution in [3.05, 3.63) is 40.7 Å². The Balaban J connectivity index is 1.61. The van der Waals surface area contributed by atoms with Gasteiger partial charge in [0.05, 0.1) is 46.6 Å². The number of amides is 2. The maximum atomic E-state index is 15.7. The summed E-state index contributed by atoms with van der Waals surface area (Å²) in [5.74, 6) is -0.735. The maximum absolute atomic E-state index is 15.7. The Morgan fingerprint density at radius 2 is 2.18 bits per heavy atom. The molecule has 0 bridgehead atoms. The molecule has 8 nitrogen and oxygen atoms in total. The molecule has 2 aromatic carbocycles. The van der Waals surface area contributed by atoms with E-state index < -0.39 is 5.82 Å². The van der Waals surface area contributed by atoms with Gasteiger partial charge in [0.25, 0.3) is 5.91 Å². The molecule has 0 saturated carbocycles. The summed E-state index contributed by atoms with van der Waals surface area (Å²) in [6.45, 7) is 5.28. The van der Waals surface area contributed by atoms with Crippen LogP contribution in [0.25, 0.3) is 22.4 Å². The topological polar surface area (TPSA) is 85.7 Å². The van der Waals surface area contributed by atoms with Gasteiger partial charge in [-0.1, -0.05) is 24.6 Å². The summed E-state index contributed by atoms with van der Waals surface area (Å²) in [7, 11) is 0. The molecule has 1 atom stereocenters. The Bertz CT molecular complexity index is 1310. The molecule has 1 saturated heterocycles. The number of aromatic nitrogens is 2. The molecule has 0 aliphatic carbocycles. The van der Waals surface area contributed by atoms with Gasteiger partial charge in [0.15, 0.2) is 18.2 Å². The van der Waals surface area contributed by atoms with E-state index in [9.17, 15) is 9.59 Å². The molecule has 34 heavy (non-hydrogen) atoms. The second-order valence-corrected chi connectivity index (χ2v) is 8.89. The zero-order valence-electron chi connectivity index (χ0n) is 18.9. The number of fused-ring (bicyclic) bond motifs is 2. The summed E-state index contributed by atoms with van der Waals surface area (Å²) in [5, 5.41) is 2.68. The second-order valence-electron chi connectivity index (χ2n) is 8.49. The minimum atomic E-state index is -0.692. The number of ether oxygens (including phenoxy) is 2. The smallest absolute Gasteiger partial charge is 0.262 e. The first kappa shape index (κ1) is 22.6.